The Hall–Kier alpha value is -2.96. The number of hydrogen-bond donors (Lipinski definition) is 1. The lowest BCUT2D eigenvalue weighted by Gasteiger charge is -2.03. The summed E-state index contributed by atoms with van der Waals surface area (Å²) in [6.07, 6.45) is 1.71. The van der Waals surface area contributed by atoms with Crippen LogP contribution in [0.1, 0.15) is 21.9 Å². The van der Waals surface area contributed by atoms with Crippen LogP contribution in [0.3, 0.4) is 0 Å². The van der Waals surface area contributed by atoms with Gasteiger partial charge in [-0.25, -0.2) is 4.98 Å². The lowest BCUT2D eigenvalue weighted by atomic mass is 10.2. The fourth-order valence-corrected chi connectivity index (χ4v) is 2.55. The number of nitrogens with zero attached hydrogens (tertiary/aromatic N) is 2. The van der Waals surface area contributed by atoms with Gasteiger partial charge < -0.3 is 19.5 Å². The molecule has 154 valence electrons. The van der Waals surface area contributed by atoms with Crippen LogP contribution in [0.25, 0.3) is 5.69 Å². The van der Waals surface area contributed by atoms with Gasteiger partial charge in [-0.1, -0.05) is 35.3 Å². The Morgan fingerprint density at radius 3 is 2.00 bits per heavy atom. The smallest absolute Gasteiger partial charge is 0.271 e. The molecule has 0 radical (unpaired) electrons. The number of benzene rings is 2. The molecule has 0 aliphatic heterocycles. The third-order valence-electron chi connectivity index (χ3n) is 3.43. The predicted molar refractivity (Wildman–Crippen MR) is 117 cm³/mol. The maximum Gasteiger partial charge on any atom is 0.271 e. The van der Waals surface area contributed by atoms with Gasteiger partial charge in [0.2, 0.25) is 0 Å². The van der Waals surface area contributed by atoms with Crippen LogP contribution in [0.5, 0.6) is 0 Å². The fourth-order valence-electron chi connectivity index (χ4n) is 2.18. The van der Waals surface area contributed by atoms with E-state index in [0.29, 0.717) is 10.7 Å². The molecule has 0 saturated carbocycles. The number of carbonyl (C=O) groups excluding carboxylic acids is 3. The van der Waals surface area contributed by atoms with Crippen LogP contribution in [0, 0.1) is 13.8 Å². The van der Waals surface area contributed by atoms with E-state index >= 15 is 0 Å². The number of aryl methyl sites for hydroxylation is 2. The lowest BCUT2D eigenvalue weighted by molar-refractivity contribution is -0.0987. The van der Waals surface area contributed by atoms with Crippen molar-refractivity contribution in [3.63, 3.8) is 0 Å². The van der Waals surface area contributed by atoms with Gasteiger partial charge in [0, 0.05) is 29.0 Å². The molecule has 3 aromatic rings. The first-order valence-electron chi connectivity index (χ1n) is 8.24. The van der Waals surface area contributed by atoms with Gasteiger partial charge in [0.05, 0.1) is 0 Å². The normalized spacial score (nSPS) is 8.86. The summed E-state index contributed by atoms with van der Waals surface area (Å²) in [6.45, 7) is 7.87. The summed E-state index contributed by atoms with van der Waals surface area (Å²) < 4.78 is 1.85. The highest BCUT2D eigenvalue weighted by atomic mass is 35.5. The monoisotopic (exact) mass is 435 g/mol. The van der Waals surface area contributed by atoms with Crippen LogP contribution in [-0.4, -0.2) is 36.1 Å². The molecule has 0 spiro atoms. The quantitative estimate of drug-likeness (QED) is 0.643. The second kappa shape index (κ2) is 14.1. The standard InChI is InChI=1S/C12H12ClN3O.C7H7Cl.2CH2O/c1-8-15-11(12(17)14-2)7-16(8)10-5-3-9(13)4-6-10;1-6-3-2-4-7(8)5-6;2*1-2/h3-7H,1-2H3,(H,14,17);2-5H,1H3;2*1H2. The molecular formula is C21H23Cl2N3O3. The average molecular weight is 436 g/mol. The Morgan fingerprint density at radius 1 is 0.966 bits per heavy atom. The van der Waals surface area contributed by atoms with E-state index in [2.05, 4.69) is 10.3 Å². The Labute approximate surface area is 180 Å². The van der Waals surface area contributed by atoms with E-state index in [4.69, 9.17) is 32.8 Å². The zero-order valence-electron chi connectivity index (χ0n) is 16.5. The molecule has 0 fully saturated rings. The molecule has 0 atom stereocenters. The van der Waals surface area contributed by atoms with Crippen molar-refractivity contribution in [2.45, 2.75) is 13.8 Å². The summed E-state index contributed by atoms with van der Waals surface area (Å²) in [4.78, 5) is 31.7. The van der Waals surface area contributed by atoms with Crippen molar-refractivity contribution in [3.8, 4) is 5.69 Å². The predicted octanol–water partition coefficient (Wildman–Crippen LogP) is 4.47. The summed E-state index contributed by atoms with van der Waals surface area (Å²) in [5, 5.41) is 4.04. The summed E-state index contributed by atoms with van der Waals surface area (Å²) >= 11 is 11.5. The molecule has 8 heteroatoms. The summed E-state index contributed by atoms with van der Waals surface area (Å²) in [5.41, 5.74) is 2.53. The molecule has 1 N–H and O–H groups in total. The van der Waals surface area contributed by atoms with E-state index in [1.165, 1.54) is 5.56 Å². The number of imidazole rings is 1. The molecule has 0 bridgehead atoms. The van der Waals surface area contributed by atoms with Crippen molar-refractivity contribution < 1.29 is 14.4 Å². The van der Waals surface area contributed by atoms with Gasteiger partial charge in [0.1, 0.15) is 25.1 Å². The van der Waals surface area contributed by atoms with Crippen molar-refractivity contribution in [3.05, 3.63) is 81.9 Å². The molecule has 0 unspecified atom stereocenters. The topological polar surface area (TPSA) is 81.1 Å². The van der Waals surface area contributed by atoms with Gasteiger partial charge in [-0.2, -0.15) is 0 Å². The number of nitrogens with one attached hydrogen (secondary N) is 1. The van der Waals surface area contributed by atoms with Crippen LogP contribution >= 0.6 is 23.2 Å². The Balaban J connectivity index is 0.000000547. The van der Waals surface area contributed by atoms with Gasteiger partial charge in [-0.15, -0.1) is 0 Å². The molecule has 0 saturated heterocycles. The zero-order valence-corrected chi connectivity index (χ0v) is 18.0. The molecule has 0 aliphatic carbocycles. The highest BCUT2D eigenvalue weighted by Crippen LogP contribution is 2.16. The highest BCUT2D eigenvalue weighted by Gasteiger charge is 2.11. The Kier molecular flexibility index (Phi) is 12.7. The average Bonchev–Trinajstić information content (AvgIpc) is 3.13. The minimum Gasteiger partial charge on any atom is -0.354 e. The molecule has 0 aliphatic rings. The van der Waals surface area contributed by atoms with Crippen molar-refractivity contribution in [2.24, 2.45) is 0 Å². The van der Waals surface area contributed by atoms with E-state index in [-0.39, 0.29) is 5.91 Å². The highest BCUT2D eigenvalue weighted by molar-refractivity contribution is 6.30. The molecular weight excluding hydrogens is 413 g/mol. The van der Waals surface area contributed by atoms with Crippen LogP contribution in [0.15, 0.2) is 54.7 Å². The number of halogens is 2. The molecule has 1 aromatic heterocycles. The van der Waals surface area contributed by atoms with E-state index in [1.54, 1.807) is 25.4 Å². The molecule has 1 amide bonds. The summed E-state index contributed by atoms with van der Waals surface area (Å²) in [7, 11) is 1.58. The molecule has 6 nitrogen and oxygen atoms in total. The number of rotatable bonds is 2. The number of aromatic nitrogens is 2. The molecule has 1 heterocycles. The van der Waals surface area contributed by atoms with Crippen molar-refractivity contribution in [1.29, 1.82) is 0 Å². The Bertz CT molecular complexity index is 877. The maximum absolute atomic E-state index is 11.5. The summed E-state index contributed by atoms with van der Waals surface area (Å²) in [5.74, 6) is 0.562. The van der Waals surface area contributed by atoms with Gasteiger partial charge in [-0.05, 0) is 55.8 Å². The SMILES string of the molecule is C=O.C=O.CNC(=O)c1cn(-c2ccc(Cl)cc2)c(C)n1.Cc1cccc(Cl)c1. The number of carbonyl (C=O) groups is 3. The third kappa shape index (κ3) is 8.72. The van der Waals surface area contributed by atoms with Crippen LogP contribution in [0.2, 0.25) is 10.0 Å². The molecule has 29 heavy (non-hydrogen) atoms. The van der Waals surface area contributed by atoms with Crippen LogP contribution in [-0.2, 0) is 9.59 Å². The molecule has 3 rings (SSSR count). The van der Waals surface area contributed by atoms with E-state index < -0.39 is 0 Å². The third-order valence-corrected chi connectivity index (χ3v) is 3.91. The Morgan fingerprint density at radius 2 is 1.55 bits per heavy atom. The second-order valence-electron chi connectivity index (χ2n) is 5.40. The number of amides is 1. The maximum atomic E-state index is 11.5. The van der Waals surface area contributed by atoms with Gasteiger partial charge in [0.15, 0.2) is 0 Å². The fraction of sp³-hybridized carbons (Fsp3) is 0.143. The largest absolute Gasteiger partial charge is 0.354 e. The number of hydrogen-bond acceptors (Lipinski definition) is 4. The van der Waals surface area contributed by atoms with Crippen molar-refractivity contribution in [1.82, 2.24) is 14.9 Å². The molecule has 2 aromatic carbocycles. The lowest BCUT2D eigenvalue weighted by Crippen LogP contribution is -2.18. The minimum absolute atomic E-state index is 0.194. The zero-order chi connectivity index (χ0) is 22.4. The van der Waals surface area contributed by atoms with Gasteiger partial charge >= 0.3 is 0 Å². The van der Waals surface area contributed by atoms with E-state index in [9.17, 15) is 4.79 Å². The first kappa shape index (κ1) is 26.0. The first-order chi connectivity index (χ1) is 13.9. The van der Waals surface area contributed by atoms with Crippen LogP contribution in [0.4, 0.5) is 0 Å². The minimum atomic E-state index is -0.194. The van der Waals surface area contributed by atoms with Crippen molar-refractivity contribution >= 4 is 42.7 Å². The van der Waals surface area contributed by atoms with Crippen molar-refractivity contribution in [2.75, 3.05) is 7.05 Å². The second-order valence-corrected chi connectivity index (χ2v) is 6.27. The van der Waals surface area contributed by atoms with Gasteiger partial charge in [-0.3, -0.25) is 4.79 Å². The van der Waals surface area contributed by atoms with E-state index in [0.717, 1.165) is 16.5 Å². The van der Waals surface area contributed by atoms with E-state index in [1.807, 2.05) is 68.4 Å². The van der Waals surface area contributed by atoms with Crippen LogP contribution < -0.4 is 5.32 Å². The first-order valence-corrected chi connectivity index (χ1v) is 9.00. The van der Waals surface area contributed by atoms with Gasteiger partial charge in [0.25, 0.3) is 5.91 Å². The summed E-state index contributed by atoms with van der Waals surface area (Å²) in [6, 6.07) is 15.1.